The first-order chi connectivity index (χ1) is 9.37. The molecule has 4 heteroatoms. The molecular formula is C16H23NO3. The minimum atomic E-state index is -0.243. The van der Waals surface area contributed by atoms with Crippen molar-refractivity contribution in [1.29, 1.82) is 0 Å². The number of nitrogens with zero attached hydrogens (tertiary/aromatic N) is 1. The normalized spacial score (nSPS) is 19.5. The summed E-state index contributed by atoms with van der Waals surface area (Å²) in [6, 6.07) is 4.24. The molecule has 1 fully saturated rings. The van der Waals surface area contributed by atoms with Crippen molar-refractivity contribution in [3.63, 3.8) is 0 Å². The number of benzene rings is 1. The molecule has 110 valence electrons. The molecule has 0 atom stereocenters. The summed E-state index contributed by atoms with van der Waals surface area (Å²) in [5.74, 6) is -0.453. The van der Waals surface area contributed by atoms with Crippen molar-refractivity contribution in [2.24, 2.45) is 5.41 Å². The van der Waals surface area contributed by atoms with E-state index in [0.717, 1.165) is 25.9 Å². The van der Waals surface area contributed by atoms with E-state index in [4.69, 9.17) is 0 Å². The Balaban J connectivity index is 1.99. The number of phenols is 2. The van der Waals surface area contributed by atoms with Crippen molar-refractivity contribution >= 4 is 5.78 Å². The van der Waals surface area contributed by atoms with Crippen molar-refractivity contribution in [2.45, 2.75) is 33.1 Å². The van der Waals surface area contributed by atoms with E-state index in [2.05, 4.69) is 18.7 Å². The van der Waals surface area contributed by atoms with Crippen molar-refractivity contribution in [1.82, 2.24) is 4.90 Å². The van der Waals surface area contributed by atoms with Crippen LogP contribution in [0, 0.1) is 5.41 Å². The van der Waals surface area contributed by atoms with E-state index in [9.17, 15) is 15.0 Å². The van der Waals surface area contributed by atoms with Gasteiger partial charge in [0.1, 0.15) is 0 Å². The summed E-state index contributed by atoms with van der Waals surface area (Å²) in [7, 11) is 0. The number of rotatable bonds is 3. The predicted octanol–water partition coefficient (Wildman–Crippen LogP) is 2.79. The van der Waals surface area contributed by atoms with Gasteiger partial charge in [0.05, 0.1) is 6.54 Å². The van der Waals surface area contributed by atoms with E-state index >= 15 is 0 Å². The lowest BCUT2D eigenvalue weighted by Crippen LogP contribution is -2.31. The summed E-state index contributed by atoms with van der Waals surface area (Å²) in [5.41, 5.74) is 0.804. The third-order valence-corrected chi connectivity index (χ3v) is 4.10. The van der Waals surface area contributed by atoms with Crippen LogP contribution in [0.3, 0.4) is 0 Å². The molecule has 20 heavy (non-hydrogen) atoms. The molecule has 1 aliphatic heterocycles. The molecule has 0 amide bonds. The fraction of sp³-hybridized carbons (Fsp3) is 0.562. The first-order valence-electron chi connectivity index (χ1n) is 7.15. The molecule has 1 heterocycles. The monoisotopic (exact) mass is 277 g/mol. The van der Waals surface area contributed by atoms with Gasteiger partial charge in [-0.2, -0.15) is 0 Å². The number of hydrogen-bond acceptors (Lipinski definition) is 4. The number of ketones is 1. The van der Waals surface area contributed by atoms with Gasteiger partial charge in [-0.15, -0.1) is 0 Å². The van der Waals surface area contributed by atoms with E-state index in [1.54, 1.807) is 6.07 Å². The summed E-state index contributed by atoms with van der Waals surface area (Å²) < 4.78 is 0. The molecule has 0 aromatic heterocycles. The SMILES string of the molecule is CC1(C)CCCN(CC(=O)c2ccc(O)c(O)c2)CC1. The standard InChI is InChI=1S/C16H23NO3/c1-16(2)6-3-8-17(9-7-16)11-15(20)12-4-5-13(18)14(19)10-12/h4-5,10,18-19H,3,6-9,11H2,1-2H3. The minimum Gasteiger partial charge on any atom is -0.504 e. The van der Waals surface area contributed by atoms with Gasteiger partial charge in [-0.25, -0.2) is 0 Å². The highest BCUT2D eigenvalue weighted by atomic mass is 16.3. The van der Waals surface area contributed by atoms with Gasteiger partial charge >= 0.3 is 0 Å². The average Bonchev–Trinajstić information content (AvgIpc) is 2.54. The number of carbonyl (C=O) groups is 1. The molecule has 0 aliphatic carbocycles. The van der Waals surface area contributed by atoms with E-state index in [1.165, 1.54) is 18.6 Å². The number of Topliss-reactive ketones (excluding diaryl/α,β-unsaturated/α-hetero) is 1. The Bertz CT molecular complexity index is 496. The Kier molecular flexibility index (Phi) is 4.33. The maximum atomic E-state index is 12.2. The molecule has 0 unspecified atom stereocenters. The van der Waals surface area contributed by atoms with Crippen LogP contribution in [0.2, 0.25) is 0 Å². The molecule has 0 bridgehead atoms. The van der Waals surface area contributed by atoms with Crippen molar-refractivity contribution < 1.29 is 15.0 Å². The van der Waals surface area contributed by atoms with Crippen LogP contribution < -0.4 is 0 Å². The Morgan fingerprint density at radius 2 is 1.95 bits per heavy atom. The van der Waals surface area contributed by atoms with Crippen LogP contribution in [0.1, 0.15) is 43.5 Å². The molecule has 2 N–H and O–H groups in total. The number of phenolic OH excluding ortho intramolecular Hbond substituents is 2. The van der Waals surface area contributed by atoms with Gasteiger partial charge in [-0.05, 0) is 56.0 Å². The highest BCUT2D eigenvalue weighted by Gasteiger charge is 2.24. The topological polar surface area (TPSA) is 60.8 Å². The first kappa shape index (κ1) is 14.9. The van der Waals surface area contributed by atoms with Crippen LogP contribution in [0.15, 0.2) is 18.2 Å². The summed E-state index contributed by atoms with van der Waals surface area (Å²) in [5, 5.41) is 18.7. The van der Waals surface area contributed by atoms with Crippen LogP contribution >= 0.6 is 0 Å². The third-order valence-electron chi connectivity index (χ3n) is 4.10. The van der Waals surface area contributed by atoms with E-state index in [-0.39, 0.29) is 17.3 Å². The van der Waals surface area contributed by atoms with Crippen molar-refractivity contribution in [3.05, 3.63) is 23.8 Å². The Hall–Kier alpha value is -1.55. The zero-order chi connectivity index (χ0) is 14.8. The lowest BCUT2D eigenvalue weighted by molar-refractivity contribution is 0.0930. The quantitative estimate of drug-likeness (QED) is 0.659. The van der Waals surface area contributed by atoms with Crippen LogP contribution in [-0.2, 0) is 0 Å². The fourth-order valence-electron chi connectivity index (χ4n) is 2.63. The zero-order valence-electron chi connectivity index (χ0n) is 12.2. The average molecular weight is 277 g/mol. The van der Waals surface area contributed by atoms with Crippen LogP contribution in [-0.4, -0.2) is 40.5 Å². The van der Waals surface area contributed by atoms with Crippen molar-refractivity contribution in [3.8, 4) is 11.5 Å². The summed E-state index contributed by atoms with van der Waals surface area (Å²) in [4.78, 5) is 14.4. The van der Waals surface area contributed by atoms with Crippen molar-refractivity contribution in [2.75, 3.05) is 19.6 Å². The second-order valence-electron chi connectivity index (χ2n) is 6.42. The van der Waals surface area contributed by atoms with Crippen LogP contribution in [0.5, 0.6) is 11.5 Å². The number of likely N-dealkylation sites (tertiary alicyclic amines) is 1. The maximum Gasteiger partial charge on any atom is 0.176 e. The molecule has 4 nitrogen and oxygen atoms in total. The highest BCUT2D eigenvalue weighted by molar-refractivity contribution is 5.98. The van der Waals surface area contributed by atoms with Gasteiger partial charge in [-0.3, -0.25) is 9.69 Å². The number of hydrogen-bond donors (Lipinski definition) is 2. The molecule has 1 aromatic carbocycles. The first-order valence-corrected chi connectivity index (χ1v) is 7.15. The summed E-state index contributed by atoms with van der Waals surface area (Å²) in [6.07, 6.45) is 3.40. The molecule has 0 spiro atoms. The molecular weight excluding hydrogens is 254 g/mol. The van der Waals surface area contributed by atoms with Gasteiger partial charge in [0.2, 0.25) is 0 Å². The molecule has 0 radical (unpaired) electrons. The fourth-order valence-corrected chi connectivity index (χ4v) is 2.63. The molecule has 1 saturated heterocycles. The summed E-state index contributed by atoms with van der Waals surface area (Å²) >= 11 is 0. The van der Waals surface area contributed by atoms with E-state index in [0.29, 0.717) is 17.5 Å². The molecule has 1 aromatic rings. The Morgan fingerprint density at radius 1 is 1.20 bits per heavy atom. The van der Waals surface area contributed by atoms with Gasteiger partial charge in [0.15, 0.2) is 17.3 Å². The number of carbonyl (C=O) groups excluding carboxylic acids is 1. The minimum absolute atomic E-state index is 0.0139. The predicted molar refractivity (Wildman–Crippen MR) is 78.2 cm³/mol. The Morgan fingerprint density at radius 3 is 2.65 bits per heavy atom. The third kappa shape index (κ3) is 3.73. The zero-order valence-corrected chi connectivity index (χ0v) is 12.2. The smallest absolute Gasteiger partial charge is 0.176 e. The van der Waals surface area contributed by atoms with Crippen LogP contribution in [0.4, 0.5) is 0 Å². The molecule has 2 rings (SSSR count). The highest BCUT2D eigenvalue weighted by Crippen LogP contribution is 2.30. The van der Waals surface area contributed by atoms with E-state index < -0.39 is 0 Å². The Labute approximate surface area is 120 Å². The van der Waals surface area contributed by atoms with Gasteiger partial charge < -0.3 is 10.2 Å². The lowest BCUT2D eigenvalue weighted by atomic mass is 9.85. The second kappa shape index (κ2) is 5.83. The summed E-state index contributed by atoms with van der Waals surface area (Å²) in [6.45, 7) is 6.80. The maximum absolute atomic E-state index is 12.2. The second-order valence-corrected chi connectivity index (χ2v) is 6.42. The van der Waals surface area contributed by atoms with Crippen LogP contribution in [0.25, 0.3) is 0 Å². The van der Waals surface area contributed by atoms with Gasteiger partial charge in [0.25, 0.3) is 0 Å². The van der Waals surface area contributed by atoms with Gasteiger partial charge in [0, 0.05) is 5.56 Å². The largest absolute Gasteiger partial charge is 0.504 e. The van der Waals surface area contributed by atoms with E-state index in [1.807, 2.05) is 0 Å². The van der Waals surface area contributed by atoms with Gasteiger partial charge in [-0.1, -0.05) is 13.8 Å². The number of aromatic hydroxyl groups is 2. The molecule has 0 saturated carbocycles. The lowest BCUT2D eigenvalue weighted by Gasteiger charge is -2.22. The molecule has 1 aliphatic rings.